The van der Waals surface area contributed by atoms with Gasteiger partial charge < -0.3 is 9.30 Å². The molecule has 0 saturated carbocycles. The average Bonchev–Trinajstić information content (AvgIpc) is 2.94. The number of hydrogen-bond donors (Lipinski definition) is 0. The van der Waals surface area contributed by atoms with Crippen LogP contribution in [0.25, 0.3) is 10.2 Å². The van der Waals surface area contributed by atoms with Gasteiger partial charge in [0.15, 0.2) is 0 Å². The van der Waals surface area contributed by atoms with E-state index >= 15 is 0 Å². The van der Waals surface area contributed by atoms with Crippen LogP contribution in [0, 0.1) is 5.82 Å². The van der Waals surface area contributed by atoms with Crippen molar-refractivity contribution >= 4 is 31.6 Å². The summed E-state index contributed by atoms with van der Waals surface area (Å²) in [6, 6.07) is 12.7. The Morgan fingerprint density at radius 2 is 1.92 bits per heavy atom. The van der Waals surface area contributed by atoms with Crippen LogP contribution in [0.3, 0.4) is 0 Å². The van der Waals surface area contributed by atoms with Gasteiger partial charge in [0, 0.05) is 13.2 Å². The van der Waals surface area contributed by atoms with E-state index in [2.05, 4.69) is 4.40 Å². The third-order valence-electron chi connectivity index (χ3n) is 3.55. The maximum atomic E-state index is 14.3. The van der Waals surface area contributed by atoms with Crippen molar-refractivity contribution in [1.29, 1.82) is 0 Å². The highest BCUT2D eigenvalue weighted by molar-refractivity contribution is 7.90. The summed E-state index contributed by atoms with van der Waals surface area (Å²) in [6.45, 7) is 3.05. The Labute approximate surface area is 149 Å². The summed E-state index contributed by atoms with van der Waals surface area (Å²) in [5.74, 6) is -0.413. The number of sulfonamides is 1. The Morgan fingerprint density at radius 3 is 2.64 bits per heavy atom. The Balaban J connectivity index is 2.18. The fourth-order valence-corrected chi connectivity index (χ4v) is 4.71. The van der Waals surface area contributed by atoms with Gasteiger partial charge in [0.2, 0.25) is 4.80 Å². The predicted octanol–water partition coefficient (Wildman–Crippen LogP) is 3.17. The third kappa shape index (κ3) is 3.81. The Hall–Kier alpha value is -2.03. The van der Waals surface area contributed by atoms with Gasteiger partial charge in [0.05, 0.1) is 21.7 Å². The van der Waals surface area contributed by atoms with Crippen LogP contribution < -0.4 is 4.80 Å². The van der Waals surface area contributed by atoms with Gasteiger partial charge in [0.25, 0.3) is 10.0 Å². The van der Waals surface area contributed by atoms with Crippen LogP contribution in [0.1, 0.15) is 6.92 Å². The van der Waals surface area contributed by atoms with Crippen molar-refractivity contribution in [2.75, 3.05) is 13.2 Å². The molecule has 2 aromatic carbocycles. The minimum Gasteiger partial charge on any atom is -0.380 e. The lowest BCUT2D eigenvalue weighted by molar-refractivity contribution is 0.139. The largest absolute Gasteiger partial charge is 0.380 e. The zero-order chi connectivity index (χ0) is 17.9. The lowest BCUT2D eigenvalue weighted by Gasteiger charge is -2.06. The van der Waals surface area contributed by atoms with Gasteiger partial charge in [0.1, 0.15) is 5.82 Å². The van der Waals surface area contributed by atoms with Crippen LogP contribution in [0.15, 0.2) is 57.8 Å². The Kier molecular flexibility index (Phi) is 5.31. The summed E-state index contributed by atoms with van der Waals surface area (Å²) in [7, 11) is -3.88. The van der Waals surface area contributed by atoms with Gasteiger partial charge in [-0.1, -0.05) is 35.6 Å². The summed E-state index contributed by atoms with van der Waals surface area (Å²) in [4.78, 5) is 0.327. The fourth-order valence-electron chi connectivity index (χ4n) is 2.41. The summed E-state index contributed by atoms with van der Waals surface area (Å²) in [5, 5.41) is 0. The van der Waals surface area contributed by atoms with E-state index in [1.165, 1.54) is 18.2 Å². The van der Waals surface area contributed by atoms with Gasteiger partial charge >= 0.3 is 0 Å². The molecule has 0 unspecified atom stereocenters. The topological polar surface area (TPSA) is 60.7 Å². The van der Waals surface area contributed by atoms with Crippen LogP contribution in [0.5, 0.6) is 0 Å². The molecular weight excluding hydrogens is 363 g/mol. The maximum Gasteiger partial charge on any atom is 0.285 e. The lowest BCUT2D eigenvalue weighted by atomic mass is 10.3. The van der Waals surface area contributed by atoms with Gasteiger partial charge in [-0.05, 0) is 31.2 Å². The first kappa shape index (κ1) is 17.8. The van der Waals surface area contributed by atoms with Crippen LogP contribution in [0.4, 0.5) is 4.39 Å². The number of aromatic nitrogens is 1. The molecule has 0 spiro atoms. The standard InChI is InChI=1S/C17H17FN2O3S2/c1-2-23-12-11-20-16-14(18)9-6-10-15(16)24-17(20)19-25(21,22)13-7-4-3-5-8-13/h3-10H,2,11-12H2,1H3/b19-17-. The summed E-state index contributed by atoms with van der Waals surface area (Å²) < 4.78 is 50.9. The zero-order valence-electron chi connectivity index (χ0n) is 13.6. The third-order valence-corrected chi connectivity index (χ3v) is 5.99. The average molecular weight is 380 g/mol. The van der Waals surface area contributed by atoms with Crippen molar-refractivity contribution in [3.05, 3.63) is 59.1 Å². The van der Waals surface area contributed by atoms with E-state index in [1.54, 1.807) is 34.9 Å². The minimum absolute atomic E-state index is 0.101. The molecule has 8 heteroatoms. The first-order chi connectivity index (χ1) is 12.0. The second-order valence-electron chi connectivity index (χ2n) is 5.20. The second-order valence-corrected chi connectivity index (χ2v) is 7.81. The van der Waals surface area contributed by atoms with Crippen molar-refractivity contribution in [2.45, 2.75) is 18.4 Å². The molecule has 3 aromatic rings. The summed E-state index contributed by atoms with van der Waals surface area (Å²) >= 11 is 1.14. The smallest absolute Gasteiger partial charge is 0.285 e. The number of halogens is 1. The molecule has 0 N–H and O–H groups in total. The first-order valence-corrected chi connectivity index (χ1v) is 10.0. The molecule has 0 aliphatic rings. The quantitative estimate of drug-likeness (QED) is 0.617. The summed E-state index contributed by atoms with van der Waals surface area (Å²) in [6.07, 6.45) is 0. The molecule has 0 aliphatic carbocycles. The number of benzene rings is 2. The molecule has 132 valence electrons. The molecule has 0 bridgehead atoms. The van der Waals surface area contributed by atoms with Gasteiger partial charge in [-0.2, -0.15) is 8.42 Å². The highest BCUT2D eigenvalue weighted by Crippen LogP contribution is 2.21. The monoisotopic (exact) mass is 380 g/mol. The van der Waals surface area contributed by atoms with E-state index in [0.717, 1.165) is 11.3 Å². The van der Waals surface area contributed by atoms with Crippen LogP contribution in [-0.2, 0) is 21.3 Å². The molecule has 0 atom stereocenters. The molecule has 3 rings (SSSR count). The highest BCUT2D eigenvalue weighted by Gasteiger charge is 2.16. The van der Waals surface area contributed by atoms with E-state index in [9.17, 15) is 12.8 Å². The molecular formula is C17H17FN2O3S2. The molecule has 0 saturated heterocycles. The molecule has 25 heavy (non-hydrogen) atoms. The van der Waals surface area contributed by atoms with Crippen molar-refractivity contribution in [3.63, 3.8) is 0 Å². The van der Waals surface area contributed by atoms with E-state index in [4.69, 9.17) is 4.74 Å². The molecule has 0 fully saturated rings. The minimum atomic E-state index is -3.88. The van der Waals surface area contributed by atoms with E-state index in [0.29, 0.717) is 30.0 Å². The fraction of sp³-hybridized carbons (Fsp3) is 0.235. The predicted molar refractivity (Wildman–Crippen MR) is 95.5 cm³/mol. The second kappa shape index (κ2) is 7.47. The van der Waals surface area contributed by atoms with Crippen LogP contribution >= 0.6 is 11.3 Å². The number of thiazole rings is 1. The van der Waals surface area contributed by atoms with Gasteiger partial charge in [-0.3, -0.25) is 0 Å². The van der Waals surface area contributed by atoms with Crippen molar-refractivity contribution in [2.24, 2.45) is 4.40 Å². The van der Waals surface area contributed by atoms with Crippen LogP contribution in [-0.4, -0.2) is 26.2 Å². The number of nitrogens with zero attached hydrogens (tertiary/aromatic N) is 2. The molecule has 1 heterocycles. The SMILES string of the molecule is CCOCCn1/c(=N/S(=O)(=O)c2ccccc2)sc2cccc(F)c21. The number of para-hydroxylation sites is 1. The number of fused-ring (bicyclic) bond motifs is 1. The van der Waals surface area contributed by atoms with E-state index in [1.807, 2.05) is 6.92 Å². The highest BCUT2D eigenvalue weighted by atomic mass is 32.2. The molecule has 0 aliphatic heterocycles. The lowest BCUT2D eigenvalue weighted by Crippen LogP contribution is -2.20. The maximum absolute atomic E-state index is 14.3. The molecule has 0 radical (unpaired) electrons. The van der Waals surface area contributed by atoms with Crippen molar-refractivity contribution in [3.8, 4) is 0 Å². The Morgan fingerprint density at radius 1 is 1.16 bits per heavy atom. The number of ether oxygens (including phenoxy) is 1. The number of hydrogen-bond acceptors (Lipinski definition) is 4. The van der Waals surface area contributed by atoms with E-state index < -0.39 is 15.8 Å². The van der Waals surface area contributed by atoms with Crippen molar-refractivity contribution in [1.82, 2.24) is 4.57 Å². The van der Waals surface area contributed by atoms with Gasteiger partial charge in [-0.15, -0.1) is 4.40 Å². The summed E-state index contributed by atoms with van der Waals surface area (Å²) in [5.41, 5.74) is 0.342. The zero-order valence-corrected chi connectivity index (χ0v) is 15.2. The normalized spacial score (nSPS) is 12.8. The Bertz CT molecular complexity index is 1040. The first-order valence-electron chi connectivity index (χ1n) is 7.74. The van der Waals surface area contributed by atoms with Crippen LogP contribution in [0.2, 0.25) is 0 Å². The van der Waals surface area contributed by atoms with Crippen molar-refractivity contribution < 1.29 is 17.5 Å². The molecule has 0 amide bonds. The molecule has 1 aromatic heterocycles. The van der Waals surface area contributed by atoms with Gasteiger partial charge in [-0.25, -0.2) is 4.39 Å². The number of rotatable bonds is 6. The van der Waals surface area contributed by atoms with E-state index in [-0.39, 0.29) is 9.70 Å². The molecule has 5 nitrogen and oxygen atoms in total.